The Bertz CT molecular complexity index is 1380. The van der Waals surface area contributed by atoms with Gasteiger partial charge in [0.15, 0.2) is 0 Å². The molecule has 2 heterocycles. The summed E-state index contributed by atoms with van der Waals surface area (Å²) >= 11 is 0. The topological polar surface area (TPSA) is 74.1 Å². The van der Waals surface area contributed by atoms with Crippen LogP contribution in [0.4, 0.5) is 10.1 Å². The molecule has 0 bridgehead atoms. The summed E-state index contributed by atoms with van der Waals surface area (Å²) in [5.74, 6) is -0.739. The third-order valence-corrected chi connectivity index (χ3v) is 9.44. The summed E-state index contributed by atoms with van der Waals surface area (Å²) in [5.41, 5.74) is 5.67. The number of amides is 1. The highest BCUT2D eigenvalue weighted by Crippen LogP contribution is 2.40. The van der Waals surface area contributed by atoms with Crippen LogP contribution in [-0.4, -0.2) is 26.9 Å². The van der Waals surface area contributed by atoms with Crippen molar-refractivity contribution in [2.45, 2.75) is 42.2 Å². The largest absolute Gasteiger partial charge is 0.312 e. The molecule has 2 aromatic carbocycles. The normalized spacial score (nSPS) is 20.9. The number of nitrogens with zero attached hydrogens (tertiary/aromatic N) is 2. The van der Waals surface area contributed by atoms with E-state index in [1.807, 2.05) is 18.2 Å². The number of aromatic nitrogens is 1. The third kappa shape index (κ3) is 3.46. The maximum absolute atomic E-state index is 14.7. The van der Waals surface area contributed by atoms with E-state index >= 15 is 0 Å². The van der Waals surface area contributed by atoms with Crippen molar-refractivity contribution in [1.29, 1.82) is 4.78 Å². The number of benzene rings is 2. The van der Waals surface area contributed by atoms with Gasteiger partial charge < -0.3 is 4.90 Å². The molecule has 1 aliphatic heterocycles. The van der Waals surface area contributed by atoms with Crippen molar-refractivity contribution in [2.24, 2.45) is 5.92 Å². The fourth-order valence-corrected chi connectivity index (χ4v) is 6.93. The highest BCUT2D eigenvalue weighted by atomic mass is 32.2. The Kier molecular flexibility index (Phi) is 4.66. The van der Waals surface area contributed by atoms with E-state index in [2.05, 4.69) is 23.2 Å². The van der Waals surface area contributed by atoms with Gasteiger partial charge in [0.1, 0.15) is 5.82 Å². The van der Waals surface area contributed by atoms with Crippen molar-refractivity contribution in [3.63, 3.8) is 0 Å². The Morgan fingerprint density at radius 2 is 1.88 bits per heavy atom. The van der Waals surface area contributed by atoms with Gasteiger partial charge in [-0.25, -0.2) is 13.4 Å². The molecule has 1 aromatic heterocycles. The number of hydrogen-bond donors (Lipinski definition) is 1. The van der Waals surface area contributed by atoms with Gasteiger partial charge in [-0.05, 0) is 79.1 Å². The standard InChI is InChI=1S/C26H24FN3O2S/c27-22-14-18-8-10-30(24(18)15-25(22)33(28,32)21-6-7-21)26(31)20-11-16-4-5-17(12-19(16)13-20)23-3-1-2-9-29-23/h1-5,9,12,14-15,20-21,28H,6-8,10-11,13H2/t20-,33?/m1/s1. The molecule has 6 rings (SSSR count). The van der Waals surface area contributed by atoms with Crippen molar-refractivity contribution in [3.05, 3.63) is 77.2 Å². The summed E-state index contributed by atoms with van der Waals surface area (Å²) in [6, 6.07) is 15.0. The monoisotopic (exact) mass is 461 g/mol. The van der Waals surface area contributed by atoms with E-state index in [0.29, 0.717) is 44.3 Å². The second-order valence-corrected chi connectivity index (χ2v) is 11.6. The van der Waals surface area contributed by atoms with Gasteiger partial charge in [0.2, 0.25) is 5.91 Å². The average Bonchev–Trinajstić information content (AvgIpc) is 3.48. The van der Waals surface area contributed by atoms with E-state index in [9.17, 15) is 13.4 Å². The molecule has 33 heavy (non-hydrogen) atoms. The van der Waals surface area contributed by atoms with Gasteiger partial charge in [0.05, 0.1) is 20.3 Å². The van der Waals surface area contributed by atoms with Crippen molar-refractivity contribution in [3.8, 4) is 11.3 Å². The number of carbonyl (C=O) groups excluding carboxylic acids is 1. The van der Waals surface area contributed by atoms with Crippen molar-refractivity contribution in [1.82, 2.24) is 4.98 Å². The second kappa shape index (κ2) is 7.48. The van der Waals surface area contributed by atoms with Crippen LogP contribution in [0.2, 0.25) is 0 Å². The predicted octanol–water partition coefficient (Wildman–Crippen LogP) is 4.76. The number of rotatable bonds is 4. The van der Waals surface area contributed by atoms with E-state index in [1.165, 1.54) is 23.3 Å². The Hall–Kier alpha value is -3.06. The van der Waals surface area contributed by atoms with Crippen molar-refractivity contribution >= 4 is 21.3 Å². The van der Waals surface area contributed by atoms with Crippen LogP contribution in [0, 0.1) is 16.5 Å². The number of fused-ring (bicyclic) bond motifs is 2. The lowest BCUT2D eigenvalue weighted by molar-refractivity contribution is -0.122. The molecular formula is C26H24FN3O2S. The summed E-state index contributed by atoms with van der Waals surface area (Å²) in [6.07, 6.45) is 5.07. The quantitative estimate of drug-likeness (QED) is 0.609. The fraction of sp³-hybridized carbons (Fsp3) is 0.308. The first-order valence-electron chi connectivity index (χ1n) is 11.4. The summed E-state index contributed by atoms with van der Waals surface area (Å²) in [6.45, 7) is 0.492. The molecule has 5 nitrogen and oxygen atoms in total. The van der Waals surface area contributed by atoms with Gasteiger partial charge >= 0.3 is 0 Å². The van der Waals surface area contributed by atoms with Gasteiger partial charge in [-0.1, -0.05) is 18.2 Å². The van der Waals surface area contributed by atoms with Crippen LogP contribution >= 0.6 is 0 Å². The van der Waals surface area contributed by atoms with Crippen LogP contribution in [0.25, 0.3) is 11.3 Å². The molecule has 1 amide bonds. The van der Waals surface area contributed by atoms with Crippen LogP contribution in [-0.2, 0) is 33.8 Å². The van der Waals surface area contributed by atoms with E-state index < -0.39 is 15.5 Å². The summed E-state index contributed by atoms with van der Waals surface area (Å²) < 4.78 is 35.9. The van der Waals surface area contributed by atoms with E-state index in [4.69, 9.17) is 4.78 Å². The Labute approximate surface area is 192 Å². The van der Waals surface area contributed by atoms with Gasteiger partial charge in [-0.15, -0.1) is 0 Å². The minimum atomic E-state index is -3.18. The zero-order valence-electron chi connectivity index (χ0n) is 18.1. The van der Waals surface area contributed by atoms with Gasteiger partial charge in [-0.2, -0.15) is 0 Å². The zero-order valence-corrected chi connectivity index (χ0v) is 18.9. The van der Waals surface area contributed by atoms with Gasteiger partial charge in [0.25, 0.3) is 0 Å². The zero-order chi connectivity index (χ0) is 22.7. The van der Waals surface area contributed by atoms with Crippen LogP contribution in [0.1, 0.15) is 29.5 Å². The number of anilines is 1. The van der Waals surface area contributed by atoms with Crippen LogP contribution in [0.15, 0.2) is 59.6 Å². The molecule has 0 radical (unpaired) electrons. The van der Waals surface area contributed by atoms with Crippen LogP contribution in [0.3, 0.4) is 0 Å². The molecule has 2 aliphatic carbocycles. The Morgan fingerprint density at radius 3 is 2.64 bits per heavy atom. The summed E-state index contributed by atoms with van der Waals surface area (Å²) in [4.78, 5) is 19.6. The second-order valence-electron chi connectivity index (χ2n) is 9.25. The van der Waals surface area contributed by atoms with Crippen LogP contribution < -0.4 is 4.90 Å². The molecule has 2 atom stereocenters. The lowest BCUT2D eigenvalue weighted by Gasteiger charge is -2.22. The number of nitrogens with one attached hydrogen (secondary N) is 1. The van der Waals surface area contributed by atoms with Gasteiger partial charge in [-0.3, -0.25) is 9.78 Å². The Morgan fingerprint density at radius 1 is 1.06 bits per heavy atom. The molecule has 0 saturated heterocycles. The smallest absolute Gasteiger partial charge is 0.230 e. The number of hydrogen-bond acceptors (Lipinski definition) is 4. The molecule has 1 unspecified atom stereocenters. The first-order valence-corrected chi connectivity index (χ1v) is 13.0. The summed E-state index contributed by atoms with van der Waals surface area (Å²) in [5, 5.41) is -0.270. The predicted molar refractivity (Wildman–Crippen MR) is 125 cm³/mol. The fourth-order valence-electron chi connectivity index (χ4n) is 5.13. The molecule has 1 N–H and O–H groups in total. The molecule has 1 fully saturated rings. The molecule has 7 heteroatoms. The third-order valence-electron chi connectivity index (χ3n) is 7.06. The molecular weight excluding hydrogens is 437 g/mol. The number of pyridine rings is 1. The number of halogens is 1. The maximum atomic E-state index is 14.7. The first kappa shape index (κ1) is 20.5. The molecule has 168 valence electrons. The minimum absolute atomic E-state index is 0.0183. The lowest BCUT2D eigenvalue weighted by Crippen LogP contribution is -2.35. The first-order chi connectivity index (χ1) is 15.9. The highest BCUT2D eigenvalue weighted by molar-refractivity contribution is 7.93. The molecule has 0 spiro atoms. The molecule has 3 aromatic rings. The Balaban J connectivity index is 1.27. The lowest BCUT2D eigenvalue weighted by atomic mass is 10.0. The van der Waals surface area contributed by atoms with E-state index in [0.717, 1.165) is 16.8 Å². The average molecular weight is 462 g/mol. The van der Waals surface area contributed by atoms with Crippen molar-refractivity contribution in [2.75, 3.05) is 11.4 Å². The minimum Gasteiger partial charge on any atom is -0.312 e. The maximum Gasteiger partial charge on any atom is 0.230 e. The van der Waals surface area contributed by atoms with Crippen LogP contribution in [0.5, 0.6) is 0 Å². The molecule has 1 saturated carbocycles. The highest BCUT2D eigenvalue weighted by Gasteiger charge is 2.38. The summed E-state index contributed by atoms with van der Waals surface area (Å²) in [7, 11) is -3.18. The van der Waals surface area contributed by atoms with Gasteiger partial charge in [0, 0.05) is 35.2 Å². The number of carbonyl (C=O) groups is 1. The molecule has 3 aliphatic rings. The SMILES string of the molecule is N=S(=O)(c1cc2c(cc1F)CCN2C(=O)[C@@H]1Cc2ccc(-c3ccccn3)cc2C1)C1CC1. The van der Waals surface area contributed by atoms with E-state index in [-0.39, 0.29) is 22.0 Å². The van der Waals surface area contributed by atoms with Crippen molar-refractivity contribution < 1.29 is 13.4 Å². The van der Waals surface area contributed by atoms with E-state index in [1.54, 1.807) is 11.1 Å².